The Labute approximate surface area is 98.3 Å². The minimum absolute atomic E-state index is 0.0467. The second-order valence-corrected chi connectivity index (χ2v) is 5.45. The van der Waals surface area contributed by atoms with Gasteiger partial charge in [0.25, 0.3) is 0 Å². The van der Waals surface area contributed by atoms with Crippen LogP contribution < -0.4 is 16.4 Å². The summed E-state index contributed by atoms with van der Waals surface area (Å²) < 4.78 is 0. The molecule has 4 nitrogen and oxygen atoms in total. The molecule has 0 aromatic carbocycles. The van der Waals surface area contributed by atoms with Crippen LogP contribution in [0.3, 0.4) is 0 Å². The number of nitrogens with one attached hydrogen (secondary N) is 2. The highest BCUT2D eigenvalue weighted by atomic mass is 16.2. The van der Waals surface area contributed by atoms with Crippen LogP contribution >= 0.6 is 0 Å². The standard InChI is InChI=1S/C12H25N3O/c1-4-12(2,3)15-11(16)14-10-6-5-9(7-10)8-13/h9-10H,4-8,13H2,1-3H3,(H2,14,15,16). The second kappa shape index (κ2) is 5.53. The average Bonchev–Trinajstić information content (AvgIpc) is 2.64. The summed E-state index contributed by atoms with van der Waals surface area (Å²) in [7, 11) is 0. The highest BCUT2D eigenvalue weighted by molar-refractivity contribution is 5.75. The third kappa shape index (κ3) is 4.00. The molecule has 94 valence electrons. The van der Waals surface area contributed by atoms with E-state index in [1.165, 1.54) is 0 Å². The van der Waals surface area contributed by atoms with E-state index in [1.54, 1.807) is 0 Å². The normalized spacial score (nSPS) is 25.5. The smallest absolute Gasteiger partial charge is 0.315 e. The van der Waals surface area contributed by atoms with Gasteiger partial charge in [-0.1, -0.05) is 6.92 Å². The van der Waals surface area contributed by atoms with E-state index in [2.05, 4.69) is 17.6 Å². The molecule has 0 aromatic rings. The molecule has 0 bridgehead atoms. The van der Waals surface area contributed by atoms with Gasteiger partial charge in [0.15, 0.2) is 0 Å². The Morgan fingerprint density at radius 3 is 2.62 bits per heavy atom. The first-order valence-electron chi connectivity index (χ1n) is 6.25. The molecular formula is C12H25N3O. The number of urea groups is 1. The minimum Gasteiger partial charge on any atom is -0.335 e. The van der Waals surface area contributed by atoms with E-state index in [4.69, 9.17) is 5.73 Å². The van der Waals surface area contributed by atoms with E-state index in [0.29, 0.717) is 12.0 Å². The van der Waals surface area contributed by atoms with Crippen molar-refractivity contribution in [1.29, 1.82) is 0 Å². The predicted octanol–water partition coefficient (Wildman–Crippen LogP) is 1.60. The van der Waals surface area contributed by atoms with Crippen molar-refractivity contribution < 1.29 is 4.79 Å². The number of carbonyl (C=O) groups is 1. The first-order valence-corrected chi connectivity index (χ1v) is 6.25. The molecule has 0 heterocycles. The van der Waals surface area contributed by atoms with Gasteiger partial charge in [-0.15, -0.1) is 0 Å². The molecule has 0 spiro atoms. The largest absolute Gasteiger partial charge is 0.335 e. The number of hydrogen-bond donors (Lipinski definition) is 3. The van der Waals surface area contributed by atoms with E-state index >= 15 is 0 Å². The molecule has 16 heavy (non-hydrogen) atoms. The monoisotopic (exact) mass is 227 g/mol. The molecular weight excluding hydrogens is 202 g/mol. The quantitative estimate of drug-likeness (QED) is 0.683. The lowest BCUT2D eigenvalue weighted by atomic mass is 10.0. The molecule has 1 fully saturated rings. The Morgan fingerprint density at radius 2 is 2.12 bits per heavy atom. The van der Waals surface area contributed by atoms with Crippen molar-refractivity contribution >= 4 is 6.03 Å². The number of rotatable bonds is 4. The van der Waals surface area contributed by atoms with Crippen molar-refractivity contribution in [3.63, 3.8) is 0 Å². The summed E-state index contributed by atoms with van der Waals surface area (Å²) >= 11 is 0. The van der Waals surface area contributed by atoms with Crippen molar-refractivity contribution in [2.45, 2.75) is 58.0 Å². The molecule has 0 aromatic heterocycles. The Morgan fingerprint density at radius 1 is 1.44 bits per heavy atom. The fourth-order valence-corrected chi connectivity index (χ4v) is 2.04. The molecule has 0 aliphatic heterocycles. The predicted molar refractivity (Wildman–Crippen MR) is 66.2 cm³/mol. The second-order valence-electron chi connectivity index (χ2n) is 5.45. The van der Waals surface area contributed by atoms with Gasteiger partial charge in [-0.2, -0.15) is 0 Å². The van der Waals surface area contributed by atoms with Crippen molar-refractivity contribution in [2.24, 2.45) is 11.7 Å². The minimum atomic E-state index is -0.129. The summed E-state index contributed by atoms with van der Waals surface area (Å²) in [5.74, 6) is 0.587. The molecule has 2 unspecified atom stereocenters. The number of nitrogens with two attached hydrogens (primary N) is 1. The van der Waals surface area contributed by atoms with Crippen LogP contribution in [0.5, 0.6) is 0 Å². The van der Waals surface area contributed by atoms with Crippen LogP contribution in [0.25, 0.3) is 0 Å². The van der Waals surface area contributed by atoms with Crippen LogP contribution in [0.2, 0.25) is 0 Å². The molecule has 4 heteroatoms. The topological polar surface area (TPSA) is 67.2 Å². The zero-order valence-electron chi connectivity index (χ0n) is 10.7. The SMILES string of the molecule is CCC(C)(C)NC(=O)NC1CCC(CN)C1. The van der Waals surface area contributed by atoms with Gasteiger partial charge in [0.2, 0.25) is 0 Å². The molecule has 1 aliphatic carbocycles. The van der Waals surface area contributed by atoms with Crippen molar-refractivity contribution in [3.8, 4) is 0 Å². The molecule has 0 saturated heterocycles. The van der Waals surface area contributed by atoms with Crippen LogP contribution in [-0.2, 0) is 0 Å². The van der Waals surface area contributed by atoms with Gasteiger partial charge in [0.05, 0.1) is 0 Å². The van der Waals surface area contributed by atoms with Crippen molar-refractivity contribution in [3.05, 3.63) is 0 Å². The van der Waals surface area contributed by atoms with E-state index in [1.807, 2.05) is 13.8 Å². The summed E-state index contributed by atoms with van der Waals surface area (Å²) in [6, 6.07) is 0.260. The molecule has 1 aliphatic rings. The number of amides is 2. The lowest BCUT2D eigenvalue weighted by Gasteiger charge is -2.25. The van der Waals surface area contributed by atoms with E-state index in [-0.39, 0.29) is 11.6 Å². The number of carbonyl (C=O) groups excluding carboxylic acids is 1. The van der Waals surface area contributed by atoms with Crippen LogP contribution in [0.15, 0.2) is 0 Å². The Hall–Kier alpha value is -0.770. The summed E-state index contributed by atoms with van der Waals surface area (Å²) in [5, 5.41) is 6.01. The van der Waals surface area contributed by atoms with E-state index in [0.717, 1.165) is 32.2 Å². The highest BCUT2D eigenvalue weighted by Gasteiger charge is 2.26. The van der Waals surface area contributed by atoms with E-state index in [9.17, 15) is 4.79 Å². The third-order valence-electron chi connectivity index (χ3n) is 3.55. The maximum Gasteiger partial charge on any atom is 0.315 e. The van der Waals surface area contributed by atoms with E-state index < -0.39 is 0 Å². The molecule has 2 atom stereocenters. The maximum atomic E-state index is 11.7. The molecule has 1 rings (SSSR count). The summed E-state index contributed by atoms with van der Waals surface area (Å²) in [4.78, 5) is 11.7. The lowest BCUT2D eigenvalue weighted by Crippen LogP contribution is -2.50. The zero-order valence-corrected chi connectivity index (χ0v) is 10.7. The van der Waals surface area contributed by atoms with Gasteiger partial charge in [0.1, 0.15) is 0 Å². The van der Waals surface area contributed by atoms with Crippen LogP contribution in [0.4, 0.5) is 4.79 Å². The molecule has 4 N–H and O–H groups in total. The fourth-order valence-electron chi connectivity index (χ4n) is 2.04. The van der Waals surface area contributed by atoms with Crippen LogP contribution in [0, 0.1) is 5.92 Å². The molecule has 1 saturated carbocycles. The Bertz CT molecular complexity index is 240. The first-order chi connectivity index (χ1) is 7.46. The van der Waals surface area contributed by atoms with Crippen LogP contribution in [-0.4, -0.2) is 24.2 Å². The van der Waals surface area contributed by atoms with Gasteiger partial charge >= 0.3 is 6.03 Å². The summed E-state index contributed by atoms with van der Waals surface area (Å²) in [5.41, 5.74) is 5.49. The zero-order chi connectivity index (χ0) is 12.2. The van der Waals surface area contributed by atoms with Gasteiger partial charge in [0, 0.05) is 11.6 Å². The fraction of sp³-hybridized carbons (Fsp3) is 0.917. The Kier molecular flexibility index (Phi) is 4.59. The van der Waals surface area contributed by atoms with Gasteiger partial charge in [-0.25, -0.2) is 4.79 Å². The Balaban J connectivity index is 2.30. The summed E-state index contributed by atoms with van der Waals surface area (Å²) in [6.07, 6.45) is 4.15. The van der Waals surface area contributed by atoms with Crippen molar-refractivity contribution in [2.75, 3.05) is 6.54 Å². The number of hydrogen-bond acceptors (Lipinski definition) is 2. The van der Waals surface area contributed by atoms with Gasteiger partial charge in [-0.3, -0.25) is 0 Å². The highest BCUT2D eigenvalue weighted by Crippen LogP contribution is 2.24. The molecule has 2 amide bonds. The lowest BCUT2D eigenvalue weighted by molar-refractivity contribution is 0.225. The first kappa shape index (κ1) is 13.3. The van der Waals surface area contributed by atoms with Crippen molar-refractivity contribution in [1.82, 2.24) is 10.6 Å². The summed E-state index contributed by atoms with van der Waals surface area (Å²) in [6.45, 7) is 6.87. The van der Waals surface area contributed by atoms with Crippen LogP contribution in [0.1, 0.15) is 46.5 Å². The average molecular weight is 227 g/mol. The molecule has 0 radical (unpaired) electrons. The van der Waals surface area contributed by atoms with Gasteiger partial charge in [-0.05, 0) is 52.0 Å². The third-order valence-corrected chi connectivity index (χ3v) is 3.55. The maximum absolute atomic E-state index is 11.7. The van der Waals surface area contributed by atoms with Gasteiger partial charge < -0.3 is 16.4 Å².